The molecular weight excluding hydrogens is 488 g/mol. The highest BCUT2D eigenvalue weighted by atomic mass is 16.1. The fraction of sp³-hybridized carbons (Fsp3) is 0.406. The highest BCUT2D eigenvalue weighted by Crippen LogP contribution is 2.44. The maximum atomic E-state index is 13.3. The van der Waals surface area contributed by atoms with Gasteiger partial charge in [0.05, 0.1) is 16.7 Å². The zero-order valence-corrected chi connectivity index (χ0v) is 23.4. The van der Waals surface area contributed by atoms with Crippen molar-refractivity contribution in [2.24, 2.45) is 0 Å². The van der Waals surface area contributed by atoms with Crippen molar-refractivity contribution in [1.82, 2.24) is 19.9 Å². The van der Waals surface area contributed by atoms with E-state index in [4.69, 9.17) is 9.97 Å². The van der Waals surface area contributed by atoms with E-state index in [1.54, 1.807) is 6.92 Å². The third kappa shape index (κ3) is 3.81. The molecule has 0 saturated carbocycles. The smallest absolute Gasteiger partial charge is 0.169 e. The summed E-state index contributed by atoms with van der Waals surface area (Å²) in [6, 6.07) is 6.11. The molecule has 0 aromatic carbocycles. The molecule has 2 N–H and O–H groups in total. The van der Waals surface area contributed by atoms with Crippen molar-refractivity contribution in [2.75, 3.05) is 0 Å². The van der Waals surface area contributed by atoms with Gasteiger partial charge in [-0.1, -0.05) is 20.8 Å². The molecule has 2 aliphatic heterocycles. The standard InChI is InChI=1S/C32H34N4O3/c1-14-15(2)23-13-27-29(19(6)38)17(4)25(34-27)12-24-16(3)20(8-7-9-37)31(35-24)21-10-28(39)30-18(5)26(36-32(21)30)11-22(14)33-23/h9,11-16,20,34,36H,7-8,10H2,1-6H3/t14?,15-,16+,20?/m1/s1. The third-order valence-corrected chi connectivity index (χ3v) is 9.27. The number of carbonyl (C=O) groups excluding carboxylic acids is 3. The normalized spacial score (nSPS) is 21.9. The van der Waals surface area contributed by atoms with E-state index in [0.717, 1.165) is 73.4 Å². The number of fused-ring (bicyclic) bond motifs is 8. The topological polar surface area (TPSA) is 109 Å². The van der Waals surface area contributed by atoms with Crippen molar-refractivity contribution in [1.29, 1.82) is 0 Å². The van der Waals surface area contributed by atoms with Crippen LogP contribution in [0.1, 0.15) is 124 Å². The van der Waals surface area contributed by atoms with Crippen LogP contribution in [0, 0.1) is 13.8 Å². The number of hydrogen-bond acceptors (Lipinski definition) is 5. The van der Waals surface area contributed by atoms with Gasteiger partial charge in [-0.2, -0.15) is 0 Å². The van der Waals surface area contributed by atoms with Crippen LogP contribution < -0.4 is 0 Å². The van der Waals surface area contributed by atoms with E-state index in [1.807, 2.05) is 26.0 Å². The van der Waals surface area contributed by atoms with Crippen molar-refractivity contribution in [3.8, 4) is 0 Å². The summed E-state index contributed by atoms with van der Waals surface area (Å²) in [4.78, 5) is 54.7. The average Bonchev–Trinajstić information content (AvgIpc) is 3.63. The molecular formula is C32H34N4O3. The molecule has 4 atom stereocenters. The van der Waals surface area contributed by atoms with Gasteiger partial charge in [0, 0.05) is 81.3 Å². The predicted octanol–water partition coefficient (Wildman–Crippen LogP) is 6.65. The van der Waals surface area contributed by atoms with Crippen LogP contribution in [0.4, 0.5) is 0 Å². The highest BCUT2D eigenvalue weighted by Gasteiger charge is 2.35. The van der Waals surface area contributed by atoms with E-state index in [1.165, 1.54) is 0 Å². The summed E-state index contributed by atoms with van der Waals surface area (Å²) in [5, 5.41) is 0. The number of aromatic amines is 2. The van der Waals surface area contributed by atoms with E-state index in [0.29, 0.717) is 24.8 Å². The quantitative estimate of drug-likeness (QED) is 0.295. The first kappa shape index (κ1) is 25.4. The zero-order chi connectivity index (χ0) is 27.7. The summed E-state index contributed by atoms with van der Waals surface area (Å²) in [6.07, 6.45) is 2.36. The minimum Gasteiger partial charge on any atom is -0.355 e. The van der Waals surface area contributed by atoms with Gasteiger partial charge in [0.1, 0.15) is 6.29 Å². The van der Waals surface area contributed by atoms with Gasteiger partial charge >= 0.3 is 0 Å². The van der Waals surface area contributed by atoms with Crippen LogP contribution in [0.5, 0.6) is 0 Å². The molecule has 3 aliphatic rings. The summed E-state index contributed by atoms with van der Waals surface area (Å²) in [6.45, 7) is 12.0. The molecule has 5 heterocycles. The van der Waals surface area contributed by atoms with Crippen molar-refractivity contribution in [3.63, 3.8) is 0 Å². The predicted molar refractivity (Wildman–Crippen MR) is 152 cm³/mol. The number of carbonyl (C=O) groups is 3. The summed E-state index contributed by atoms with van der Waals surface area (Å²) in [5.74, 6) is 0.522. The second-order valence-corrected chi connectivity index (χ2v) is 11.5. The van der Waals surface area contributed by atoms with Crippen LogP contribution in [0.3, 0.4) is 0 Å². The first-order valence-corrected chi connectivity index (χ1v) is 13.8. The molecule has 39 heavy (non-hydrogen) atoms. The monoisotopic (exact) mass is 522 g/mol. The molecule has 1 aliphatic carbocycles. The lowest BCUT2D eigenvalue weighted by Crippen LogP contribution is -2.05. The molecule has 3 aromatic heterocycles. The minimum atomic E-state index is 0.00179. The summed E-state index contributed by atoms with van der Waals surface area (Å²) in [7, 11) is 0. The van der Waals surface area contributed by atoms with Gasteiger partial charge in [0.25, 0.3) is 0 Å². The number of ketones is 2. The Morgan fingerprint density at radius 3 is 2.18 bits per heavy atom. The third-order valence-electron chi connectivity index (χ3n) is 9.27. The molecule has 2 unspecified atom stereocenters. The van der Waals surface area contributed by atoms with Crippen molar-refractivity contribution < 1.29 is 14.4 Å². The van der Waals surface area contributed by atoms with Gasteiger partial charge in [-0.3, -0.25) is 19.6 Å². The van der Waals surface area contributed by atoms with Gasteiger partial charge in [0.2, 0.25) is 0 Å². The molecule has 200 valence electrons. The van der Waals surface area contributed by atoms with E-state index >= 15 is 0 Å². The summed E-state index contributed by atoms with van der Waals surface area (Å²) in [5.41, 5.74) is 11.2. The first-order chi connectivity index (χ1) is 18.6. The Balaban J connectivity index is 1.78. The molecule has 0 saturated heterocycles. The largest absolute Gasteiger partial charge is 0.355 e. The van der Waals surface area contributed by atoms with E-state index in [2.05, 4.69) is 36.8 Å². The maximum absolute atomic E-state index is 13.3. The van der Waals surface area contributed by atoms with Crippen LogP contribution >= 0.6 is 0 Å². The average molecular weight is 523 g/mol. The number of hydrogen-bond donors (Lipinski definition) is 2. The van der Waals surface area contributed by atoms with Crippen molar-refractivity contribution in [3.05, 3.63) is 68.8 Å². The molecule has 0 radical (unpaired) electrons. The zero-order valence-electron chi connectivity index (χ0n) is 23.4. The van der Waals surface area contributed by atoms with Crippen LogP contribution in [-0.4, -0.2) is 37.8 Å². The molecule has 8 bridgehead atoms. The van der Waals surface area contributed by atoms with Crippen LogP contribution in [0.2, 0.25) is 0 Å². The minimum absolute atomic E-state index is 0.00179. The number of aromatic nitrogens is 4. The Bertz CT molecular complexity index is 1740. The van der Waals surface area contributed by atoms with E-state index in [9.17, 15) is 14.4 Å². The number of Topliss-reactive ketones (excluding diaryl/α,β-unsaturated/α-hetero) is 2. The molecule has 0 fully saturated rings. The summed E-state index contributed by atoms with van der Waals surface area (Å²) < 4.78 is 0. The molecule has 7 nitrogen and oxygen atoms in total. The number of nitrogens with one attached hydrogen (secondary N) is 2. The Morgan fingerprint density at radius 2 is 1.54 bits per heavy atom. The molecule has 7 heteroatoms. The van der Waals surface area contributed by atoms with Crippen LogP contribution in [0.25, 0.3) is 22.1 Å². The van der Waals surface area contributed by atoms with Crippen LogP contribution in [-0.2, 0) is 11.2 Å². The van der Waals surface area contributed by atoms with Crippen molar-refractivity contribution in [2.45, 2.75) is 84.5 Å². The Morgan fingerprint density at radius 1 is 0.923 bits per heavy atom. The Kier molecular flexibility index (Phi) is 5.93. The van der Waals surface area contributed by atoms with Gasteiger partial charge in [-0.15, -0.1) is 0 Å². The van der Waals surface area contributed by atoms with Crippen LogP contribution in [0.15, 0.2) is 18.2 Å². The SMILES string of the molecule is CC(=O)c1c(C)c2cc3nc(c4c5[nH]c(cc6nc(cc1[nH]2)[C@H](C)C6C)c(C)c5C(=O)C4)C(CCC=O)[C@@H]3C. The highest BCUT2D eigenvalue weighted by molar-refractivity contribution is 6.13. The molecule has 0 spiro atoms. The molecule has 0 amide bonds. The van der Waals surface area contributed by atoms with Gasteiger partial charge in [0.15, 0.2) is 11.6 Å². The number of nitrogens with zero attached hydrogens (tertiary/aromatic N) is 2. The lowest BCUT2D eigenvalue weighted by Gasteiger charge is -2.15. The second kappa shape index (κ2) is 9.11. The number of H-pyrrole nitrogens is 2. The number of aryl methyl sites for hydroxylation is 2. The van der Waals surface area contributed by atoms with Gasteiger partial charge in [-0.25, -0.2) is 0 Å². The first-order valence-electron chi connectivity index (χ1n) is 13.8. The lowest BCUT2D eigenvalue weighted by molar-refractivity contribution is -0.108. The van der Waals surface area contributed by atoms with E-state index in [-0.39, 0.29) is 35.2 Å². The second-order valence-electron chi connectivity index (χ2n) is 11.5. The lowest BCUT2D eigenvalue weighted by atomic mass is 9.86. The Labute approximate surface area is 227 Å². The van der Waals surface area contributed by atoms with Crippen molar-refractivity contribution >= 4 is 39.9 Å². The van der Waals surface area contributed by atoms with E-state index < -0.39 is 0 Å². The Hall–Kier alpha value is -3.87. The molecule has 6 rings (SSSR count). The number of aldehydes is 1. The fourth-order valence-corrected chi connectivity index (χ4v) is 6.72. The molecule has 3 aromatic rings. The maximum Gasteiger partial charge on any atom is 0.169 e. The van der Waals surface area contributed by atoms with Gasteiger partial charge < -0.3 is 14.8 Å². The fourth-order valence-electron chi connectivity index (χ4n) is 6.72. The van der Waals surface area contributed by atoms with Gasteiger partial charge in [-0.05, 0) is 56.5 Å². The number of rotatable bonds is 4. The summed E-state index contributed by atoms with van der Waals surface area (Å²) >= 11 is 0.